The van der Waals surface area contributed by atoms with Crippen molar-refractivity contribution in [2.75, 3.05) is 5.32 Å². The standard InChI is InChI=1S/C18H15ClF2N4O/c19-13-3-1-2-12(17(13)21)15-9-16(25-24-15)23-18(26)14(22)8-10-4-6-11(20)7-5-10/h1-7,9,14H,8,22H2,(H2,23,24,25,26)/t14-/m0/s1. The molecule has 0 aliphatic heterocycles. The van der Waals surface area contributed by atoms with Crippen molar-refractivity contribution in [3.8, 4) is 11.3 Å². The number of nitrogens with two attached hydrogens (primary N) is 1. The highest BCUT2D eigenvalue weighted by molar-refractivity contribution is 6.31. The minimum absolute atomic E-state index is 0.0102. The van der Waals surface area contributed by atoms with Crippen LogP contribution in [0.2, 0.25) is 5.02 Å². The molecule has 134 valence electrons. The van der Waals surface area contributed by atoms with Gasteiger partial charge in [0, 0.05) is 11.6 Å². The molecule has 0 fully saturated rings. The maximum atomic E-state index is 14.0. The second-order valence-electron chi connectivity index (χ2n) is 5.69. The largest absolute Gasteiger partial charge is 0.320 e. The van der Waals surface area contributed by atoms with Crippen LogP contribution in [-0.2, 0) is 11.2 Å². The van der Waals surface area contributed by atoms with E-state index >= 15 is 0 Å². The smallest absolute Gasteiger partial charge is 0.242 e. The number of H-pyrrole nitrogens is 1. The Morgan fingerprint density at radius 2 is 1.96 bits per heavy atom. The van der Waals surface area contributed by atoms with Crippen LogP contribution in [0.15, 0.2) is 48.5 Å². The van der Waals surface area contributed by atoms with E-state index in [2.05, 4.69) is 15.5 Å². The van der Waals surface area contributed by atoms with Crippen LogP contribution < -0.4 is 11.1 Å². The van der Waals surface area contributed by atoms with E-state index in [1.165, 1.54) is 24.3 Å². The number of hydrogen-bond acceptors (Lipinski definition) is 3. The van der Waals surface area contributed by atoms with E-state index in [9.17, 15) is 13.6 Å². The van der Waals surface area contributed by atoms with Gasteiger partial charge in [-0.15, -0.1) is 0 Å². The Hall–Kier alpha value is -2.77. The minimum atomic E-state index is -0.844. The molecule has 26 heavy (non-hydrogen) atoms. The molecule has 4 N–H and O–H groups in total. The van der Waals surface area contributed by atoms with E-state index < -0.39 is 17.8 Å². The Balaban J connectivity index is 1.67. The fourth-order valence-electron chi connectivity index (χ4n) is 2.42. The average molecular weight is 377 g/mol. The highest BCUT2D eigenvalue weighted by Gasteiger charge is 2.17. The van der Waals surface area contributed by atoms with E-state index in [1.54, 1.807) is 24.3 Å². The number of aromatic nitrogens is 2. The summed E-state index contributed by atoms with van der Waals surface area (Å²) in [7, 11) is 0. The fraction of sp³-hybridized carbons (Fsp3) is 0.111. The lowest BCUT2D eigenvalue weighted by molar-refractivity contribution is -0.117. The van der Waals surface area contributed by atoms with Gasteiger partial charge < -0.3 is 11.1 Å². The summed E-state index contributed by atoms with van der Waals surface area (Å²) in [6.07, 6.45) is 0.242. The van der Waals surface area contributed by atoms with Gasteiger partial charge in [0.25, 0.3) is 0 Å². The lowest BCUT2D eigenvalue weighted by Gasteiger charge is -2.10. The Morgan fingerprint density at radius 1 is 1.23 bits per heavy atom. The molecular weight excluding hydrogens is 362 g/mol. The lowest BCUT2D eigenvalue weighted by atomic mass is 10.1. The number of rotatable bonds is 5. The molecule has 3 aromatic rings. The molecule has 8 heteroatoms. The number of carbonyl (C=O) groups excluding carboxylic acids is 1. The molecule has 0 aliphatic rings. The molecule has 3 rings (SSSR count). The Labute approximate surface area is 153 Å². The van der Waals surface area contributed by atoms with Crippen molar-refractivity contribution in [3.05, 3.63) is 70.8 Å². The number of hydrogen-bond donors (Lipinski definition) is 3. The third-order valence-electron chi connectivity index (χ3n) is 3.78. The molecule has 0 radical (unpaired) electrons. The van der Waals surface area contributed by atoms with Crippen LogP contribution >= 0.6 is 11.6 Å². The van der Waals surface area contributed by atoms with Crippen molar-refractivity contribution < 1.29 is 13.6 Å². The summed E-state index contributed by atoms with van der Waals surface area (Å²) >= 11 is 5.76. The van der Waals surface area contributed by atoms with E-state index in [1.807, 2.05) is 0 Å². The Bertz CT molecular complexity index is 927. The molecule has 1 heterocycles. The van der Waals surface area contributed by atoms with Crippen LogP contribution in [-0.4, -0.2) is 22.1 Å². The molecular formula is C18H15ClF2N4O. The number of halogens is 3. The van der Waals surface area contributed by atoms with Gasteiger partial charge in [0.05, 0.1) is 16.8 Å². The minimum Gasteiger partial charge on any atom is -0.320 e. The first-order valence-corrected chi connectivity index (χ1v) is 8.12. The molecule has 1 atom stereocenters. The summed E-state index contributed by atoms with van der Waals surface area (Å²) in [5.74, 6) is -1.19. The highest BCUT2D eigenvalue weighted by atomic mass is 35.5. The van der Waals surface area contributed by atoms with Crippen LogP contribution in [0.25, 0.3) is 11.3 Å². The van der Waals surface area contributed by atoms with Gasteiger partial charge in [-0.3, -0.25) is 9.89 Å². The predicted molar refractivity (Wildman–Crippen MR) is 95.7 cm³/mol. The molecule has 1 amide bonds. The Kier molecular flexibility index (Phi) is 5.29. The molecule has 0 spiro atoms. The van der Waals surface area contributed by atoms with Gasteiger partial charge in [-0.1, -0.05) is 29.8 Å². The van der Waals surface area contributed by atoms with Gasteiger partial charge in [-0.2, -0.15) is 5.10 Å². The number of benzene rings is 2. The number of aromatic amines is 1. The van der Waals surface area contributed by atoms with Crippen molar-refractivity contribution in [3.63, 3.8) is 0 Å². The normalized spacial score (nSPS) is 12.0. The quantitative estimate of drug-likeness (QED) is 0.637. The fourth-order valence-corrected chi connectivity index (χ4v) is 2.60. The number of nitrogens with one attached hydrogen (secondary N) is 2. The van der Waals surface area contributed by atoms with Crippen molar-refractivity contribution in [2.24, 2.45) is 5.73 Å². The molecule has 0 unspecified atom stereocenters. The monoisotopic (exact) mass is 376 g/mol. The summed E-state index contributed by atoms with van der Waals surface area (Å²) in [6, 6.07) is 11.0. The lowest BCUT2D eigenvalue weighted by Crippen LogP contribution is -2.37. The molecule has 2 aromatic carbocycles. The SMILES string of the molecule is N[C@@H](Cc1ccc(F)cc1)C(=O)Nc1cc(-c2cccc(Cl)c2F)[nH]n1. The van der Waals surface area contributed by atoms with Crippen LogP contribution in [0, 0.1) is 11.6 Å². The third-order valence-corrected chi connectivity index (χ3v) is 4.07. The van der Waals surface area contributed by atoms with Gasteiger partial charge in [0.15, 0.2) is 11.6 Å². The number of nitrogens with zero attached hydrogens (tertiary/aromatic N) is 1. The van der Waals surface area contributed by atoms with Crippen molar-refractivity contribution in [2.45, 2.75) is 12.5 Å². The third kappa shape index (κ3) is 4.07. The topological polar surface area (TPSA) is 83.8 Å². The van der Waals surface area contributed by atoms with Crippen molar-refractivity contribution >= 4 is 23.3 Å². The van der Waals surface area contributed by atoms with Gasteiger partial charge in [0.2, 0.25) is 5.91 Å². The van der Waals surface area contributed by atoms with Gasteiger partial charge in [0.1, 0.15) is 5.82 Å². The molecule has 1 aromatic heterocycles. The predicted octanol–water partition coefficient (Wildman–Crippen LogP) is 3.52. The highest BCUT2D eigenvalue weighted by Crippen LogP contribution is 2.27. The van der Waals surface area contributed by atoms with Crippen molar-refractivity contribution in [1.29, 1.82) is 0 Å². The summed E-state index contributed by atoms with van der Waals surface area (Å²) in [5.41, 5.74) is 7.21. The van der Waals surface area contributed by atoms with E-state index in [-0.39, 0.29) is 28.6 Å². The maximum Gasteiger partial charge on any atom is 0.242 e. The zero-order valence-electron chi connectivity index (χ0n) is 13.5. The first kappa shape index (κ1) is 18.0. The van der Waals surface area contributed by atoms with Crippen LogP contribution in [0.1, 0.15) is 5.56 Å². The van der Waals surface area contributed by atoms with Crippen LogP contribution in [0.3, 0.4) is 0 Å². The first-order chi connectivity index (χ1) is 12.4. The van der Waals surface area contributed by atoms with Crippen molar-refractivity contribution in [1.82, 2.24) is 10.2 Å². The van der Waals surface area contributed by atoms with E-state index in [0.717, 1.165) is 5.56 Å². The molecule has 0 aliphatic carbocycles. The van der Waals surface area contributed by atoms with Crippen LogP contribution in [0.4, 0.5) is 14.6 Å². The number of amides is 1. The number of carbonyl (C=O) groups is 1. The van der Waals surface area contributed by atoms with Crippen LogP contribution in [0.5, 0.6) is 0 Å². The molecule has 5 nitrogen and oxygen atoms in total. The second-order valence-corrected chi connectivity index (χ2v) is 6.10. The average Bonchev–Trinajstić information content (AvgIpc) is 3.07. The molecule has 0 saturated carbocycles. The summed E-state index contributed by atoms with van der Waals surface area (Å²) < 4.78 is 27.0. The zero-order valence-corrected chi connectivity index (χ0v) is 14.2. The summed E-state index contributed by atoms with van der Waals surface area (Å²) in [5, 5.41) is 9.13. The maximum absolute atomic E-state index is 14.0. The van der Waals surface area contributed by atoms with E-state index in [0.29, 0.717) is 5.69 Å². The summed E-state index contributed by atoms with van der Waals surface area (Å²) in [6.45, 7) is 0. The second kappa shape index (κ2) is 7.63. The van der Waals surface area contributed by atoms with E-state index in [4.69, 9.17) is 17.3 Å². The Morgan fingerprint density at radius 3 is 2.69 bits per heavy atom. The van der Waals surface area contributed by atoms with Gasteiger partial charge in [-0.05, 0) is 36.2 Å². The first-order valence-electron chi connectivity index (χ1n) is 7.74. The number of anilines is 1. The molecule has 0 saturated heterocycles. The zero-order chi connectivity index (χ0) is 18.7. The van der Waals surface area contributed by atoms with Gasteiger partial charge in [-0.25, -0.2) is 8.78 Å². The molecule has 0 bridgehead atoms. The summed E-state index contributed by atoms with van der Waals surface area (Å²) in [4.78, 5) is 12.2. The van der Waals surface area contributed by atoms with Gasteiger partial charge >= 0.3 is 0 Å².